The van der Waals surface area contributed by atoms with E-state index in [4.69, 9.17) is 5.11 Å². The Labute approximate surface area is 103 Å². The van der Waals surface area contributed by atoms with Crippen molar-refractivity contribution >= 4 is 15.7 Å². The average Bonchev–Trinajstić information content (AvgIpc) is 2.81. The SMILES string of the molecule is O=S(=O)(Nc1ccccc1F)c1[nH]ncc1CO. The van der Waals surface area contributed by atoms with Crippen LogP contribution in [0.1, 0.15) is 5.56 Å². The highest BCUT2D eigenvalue weighted by Gasteiger charge is 2.21. The number of aliphatic hydroxyl groups is 1. The summed E-state index contributed by atoms with van der Waals surface area (Å²) in [6.45, 7) is -0.482. The van der Waals surface area contributed by atoms with Gasteiger partial charge < -0.3 is 5.11 Å². The van der Waals surface area contributed by atoms with Crippen LogP contribution in [-0.2, 0) is 16.6 Å². The molecule has 0 unspecified atom stereocenters. The Hall–Kier alpha value is -1.93. The van der Waals surface area contributed by atoms with Crippen molar-refractivity contribution in [3.05, 3.63) is 41.8 Å². The molecular weight excluding hydrogens is 261 g/mol. The molecule has 3 N–H and O–H groups in total. The lowest BCUT2D eigenvalue weighted by molar-refractivity contribution is 0.278. The van der Waals surface area contributed by atoms with Crippen molar-refractivity contribution in [2.75, 3.05) is 4.72 Å². The van der Waals surface area contributed by atoms with E-state index in [2.05, 4.69) is 14.9 Å². The molecule has 0 aliphatic heterocycles. The summed E-state index contributed by atoms with van der Waals surface area (Å²) in [7, 11) is -4.00. The monoisotopic (exact) mass is 271 g/mol. The number of anilines is 1. The van der Waals surface area contributed by atoms with Gasteiger partial charge in [0.15, 0.2) is 5.03 Å². The highest BCUT2D eigenvalue weighted by molar-refractivity contribution is 7.92. The predicted molar refractivity (Wildman–Crippen MR) is 61.7 cm³/mol. The number of nitrogens with one attached hydrogen (secondary N) is 2. The van der Waals surface area contributed by atoms with Gasteiger partial charge in [0.05, 0.1) is 18.5 Å². The Morgan fingerprint density at radius 1 is 1.39 bits per heavy atom. The predicted octanol–water partition coefficient (Wildman–Crippen LogP) is 0.842. The van der Waals surface area contributed by atoms with Crippen molar-refractivity contribution in [2.24, 2.45) is 0 Å². The standard InChI is InChI=1S/C10H10FN3O3S/c11-8-3-1-2-4-9(8)14-18(16,17)10-7(6-15)5-12-13-10/h1-5,14-15H,6H2,(H,12,13). The molecule has 0 atom stereocenters. The van der Waals surface area contributed by atoms with Gasteiger partial charge in [0.2, 0.25) is 0 Å². The van der Waals surface area contributed by atoms with Gasteiger partial charge in [-0.2, -0.15) is 13.5 Å². The molecule has 0 saturated carbocycles. The van der Waals surface area contributed by atoms with Crippen LogP contribution in [0.3, 0.4) is 0 Å². The lowest BCUT2D eigenvalue weighted by atomic mass is 10.3. The van der Waals surface area contributed by atoms with E-state index >= 15 is 0 Å². The number of hydrogen-bond acceptors (Lipinski definition) is 4. The fraction of sp³-hybridized carbons (Fsp3) is 0.100. The van der Waals surface area contributed by atoms with Gasteiger partial charge in [-0.3, -0.25) is 9.82 Å². The maximum Gasteiger partial charge on any atom is 0.279 e. The molecule has 2 aromatic rings. The first-order valence-corrected chi connectivity index (χ1v) is 6.43. The zero-order valence-corrected chi connectivity index (χ0v) is 9.91. The number of aromatic amines is 1. The van der Waals surface area contributed by atoms with E-state index in [-0.39, 0.29) is 16.3 Å². The molecule has 0 aliphatic carbocycles. The molecule has 8 heteroatoms. The second kappa shape index (κ2) is 4.75. The number of sulfonamides is 1. The highest BCUT2D eigenvalue weighted by atomic mass is 32.2. The summed E-state index contributed by atoms with van der Waals surface area (Å²) in [4.78, 5) is 0. The number of hydrogen-bond donors (Lipinski definition) is 3. The number of aliphatic hydroxyl groups excluding tert-OH is 1. The summed E-state index contributed by atoms with van der Waals surface area (Å²) < 4.78 is 39.3. The van der Waals surface area contributed by atoms with Gasteiger partial charge in [-0.15, -0.1) is 0 Å². The van der Waals surface area contributed by atoms with Gasteiger partial charge in [-0.25, -0.2) is 4.39 Å². The summed E-state index contributed by atoms with van der Waals surface area (Å²) in [6.07, 6.45) is 1.19. The quantitative estimate of drug-likeness (QED) is 0.768. The zero-order valence-electron chi connectivity index (χ0n) is 9.09. The Bertz CT molecular complexity index is 654. The van der Waals surface area contributed by atoms with Crippen LogP contribution in [-0.4, -0.2) is 23.7 Å². The fourth-order valence-corrected chi connectivity index (χ4v) is 2.58. The van der Waals surface area contributed by atoms with E-state index in [0.29, 0.717) is 0 Å². The number of benzene rings is 1. The molecule has 1 aromatic heterocycles. The Morgan fingerprint density at radius 2 is 2.11 bits per heavy atom. The largest absolute Gasteiger partial charge is 0.392 e. The molecule has 0 aliphatic rings. The molecule has 96 valence electrons. The number of halogens is 1. The molecule has 0 amide bonds. The number of rotatable bonds is 4. The van der Waals surface area contributed by atoms with Crippen molar-refractivity contribution in [3.63, 3.8) is 0 Å². The molecule has 1 heterocycles. The van der Waals surface area contributed by atoms with E-state index in [1.165, 1.54) is 24.4 Å². The van der Waals surface area contributed by atoms with Gasteiger partial charge in [-0.1, -0.05) is 12.1 Å². The molecular formula is C10H10FN3O3S. The second-order valence-electron chi connectivity index (χ2n) is 3.47. The lowest BCUT2D eigenvalue weighted by Crippen LogP contribution is -2.16. The second-order valence-corrected chi connectivity index (χ2v) is 5.09. The topological polar surface area (TPSA) is 95.1 Å². The van der Waals surface area contributed by atoms with Crippen LogP contribution in [0.5, 0.6) is 0 Å². The highest BCUT2D eigenvalue weighted by Crippen LogP contribution is 2.19. The van der Waals surface area contributed by atoms with Gasteiger partial charge in [0.25, 0.3) is 10.0 Å². The van der Waals surface area contributed by atoms with Gasteiger partial charge in [-0.05, 0) is 12.1 Å². The molecule has 0 fully saturated rings. The number of aromatic nitrogens is 2. The molecule has 2 rings (SSSR count). The van der Waals surface area contributed by atoms with Crippen molar-refractivity contribution in [1.82, 2.24) is 10.2 Å². The van der Waals surface area contributed by atoms with Crippen molar-refractivity contribution < 1.29 is 17.9 Å². The third-order valence-electron chi connectivity index (χ3n) is 2.24. The van der Waals surface area contributed by atoms with Crippen molar-refractivity contribution in [3.8, 4) is 0 Å². The summed E-state index contributed by atoms with van der Waals surface area (Å²) in [5, 5.41) is 14.5. The van der Waals surface area contributed by atoms with Gasteiger partial charge in [0.1, 0.15) is 5.82 Å². The van der Waals surface area contributed by atoms with Crippen molar-refractivity contribution in [1.29, 1.82) is 0 Å². The van der Waals surface area contributed by atoms with Crippen LogP contribution in [0, 0.1) is 5.82 Å². The zero-order chi connectivity index (χ0) is 13.2. The van der Waals surface area contributed by atoms with Crippen LogP contribution >= 0.6 is 0 Å². The van der Waals surface area contributed by atoms with Crippen LogP contribution in [0.4, 0.5) is 10.1 Å². The normalized spacial score (nSPS) is 11.4. The summed E-state index contributed by atoms with van der Waals surface area (Å²) in [6, 6.07) is 5.38. The molecule has 0 bridgehead atoms. The summed E-state index contributed by atoms with van der Waals surface area (Å²) in [5.41, 5.74) is -0.0603. The minimum absolute atomic E-state index is 0.110. The molecule has 18 heavy (non-hydrogen) atoms. The van der Waals surface area contributed by atoms with E-state index in [1.807, 2.05) is 0 Å². The molecule has 0 saturated heterocycles. The number of H-pyrrole nitrogens is 1. The van der Waals surface area contributed by atoms with Crippen molar-refractivity contribution in [2.45, 2.75) is 11.6 Å². The van der Waals surface area contributed by atoms with E-state index < -0.39 is 22.4 Å². The third kappa shape index (κ3) is 2.34. The minimum Gasteiger partial charge on any atom is -0.392 e. The number of para-hydroxylation sites is 1. The van der Waals surface area contributed by atoms with Gasteiger partial charge in [0, 0.05) is 5.56 Å². The molecule has 6 nitrogen and oxygen atoms in total. The first-order chi connectivity index (χ1) is 8.54. The Morgan fingerprint density at radius 3 is 2.78 bits per heavy atom. The van der Waals surface area contributed by atoms with Gasteiger partial charge >= 0.3 is 0 Å². The van der Waals surface area contributed by atoms with Crippen LogP contribution in [0.2, 0.25) is 0 Å². The average molecular weight is 271 g/mol. The summed E-state index contributed by atoms with van der Waals surface area (Å²) >= 11 is 0. The van der Waals surface area contributed by atoms with E-state index in [1.54, 1.807) is 0 Å². The minimum atomic E-state index is -4.00. The molecule has 0 spiro atoms. The maximum absolute atomic E-state index is 13.3. The summed E-state index contributed by atoms with van der Waals surface area (Å²) in [5.74, 6) is -0.689. The Balaban J connectivity index is 2.37. The molecule has 1 aromatic carbocycles. The maximum atomic E-state index is 13.3. The van der Waals surface area contributed by atoms with E-state index in [0.717, 1.165) is 6.07 Å². The molecule has 0 radical (unpaired) electrons. The first kappa shape index (κ1) is 12.5. The third-order valence-corrected chi connectivity index (χ3v) is 3.61. The number of nitrogens with zero attached hydrogens (tertiary/aromatic N) is 1. The fourth-order valence-electron chi connectivity index (χ4n) is 1.38. The van der Waals surface area contributed by atoms with Crippen LogP contribution < -0.4 is 4.72 Å². The Kier molecular flexibility index (Phi) is 3.30. The van der Waals surface area contributed by atoms with E-state index in [9.17, 15) is 12.8 Å². The first-order valence-electron chi connectivity index (χ1n) is 4.95. The van der Waals surface area contributed by atoms with Crippen LogP contribution in [0.15, 0.2) is 35.5 Å². The lowest BCUT2D eigenvalue weighted by Gasteiger charge is -2.08. The van der Waals surface area contributed by atoms with Crippen LogP contribution in [0.25, 0.3) is 0 Å². The smallest absolute Gasteiger partial charge is 0.279 e.